The molecule has 0 fully saturated rings. The number of nitrogens with zero attached hydrogens (tertiary/aromatic N) is 1. The van der Waals surface area contributed by atoms with Crippen LogP contribution in [0.2, 0.25) is 0 Å². The van der Waals surface area contributed by atoms with Crippen LogP contribution in [0, 0.1) is 13.8 Å². The summed E-state index contributed by atoms with van der Waals surface area (Å²) in [5.41, 5.74) is 5.03. The summed E-state index contributed by atoms with van der Waals surface area (Å²) in [5.74, 6) is 3.86. The van der Waals surface area contributed by atoms with Gasteiger partial charge >= 0.3 is 0 Å². The van der Waals surface area contributed by atoms with Gasteiger partial charge in [-0.05, 0) is 37.8 Å². The molecule has 6 heteroatoms. The lowest BCUT2D eigenvalue weighted by Gasteiger charge is -2.18. The van der Waals surface area contributed by atoms with Crippen LogP contribution in [0.15, 0.2) is 12.1 Å². The van der Waals surface area contributed by atoms with Crippen LogP contribution in [0.5, 0.6) is 0 Å². The summed E-state index contributed by atoms with van der Waals surface area (Å²) in [4.78, 5) is 36.8. The van der Waals surface area contributed by atoms with Crippen LogP contribution < -0.4 is 16.2 Å². The molecule has 112 valence electrons. The van der Waals surface area contributed by atoms with E-state index in [1.807, 2.05) is 26.0 Å². The molecule has 0 saturated carbocycles. The molecule has 3 N–H and O–H groups in total. The molecule has 0 unspecified atom stereocenters. The Morgan fingerprint density at radius 1 is 1.19 bits per heavy atom. The van der Waals surface area contributed by atoms with Crippen molar-refractivity contribution in [3.63, 3.8) is 0 Å². The number of hydrazine groups is 1. The van der Waals surface area contributed by atoms with Crippen molar-refractivity contribution in [2.24, 2.45) is 5.84 Å². The first-order chi connectivity index (χ1) is 9.97. The van der Waals surface area contributed by atoms with Crippen molar-refractivity contribution in [2.45, 2.75) is 33.1 Å². The van der Waals surface area contributed by atoms with Crippen LogP contribution in [-0.4, -0.2) is 24.1 Å². The van der Waals surface area contributed by atoms with E-state index in [-0.39, 0.29) is 5.91 Å². The van der Waals surface area contributed by atoms with Gasteiger partial charge in [-0.2, -0.15) is 0 Å². The number of nitrogens with two attached hydrogens (primary N) is 1. The Kier molecular flexibility index (Phi) is 4.37. The van der Waals surface area contributed by atoms with Crippen molar-refractivity contribution >= 4 is 23.3 Å². The van der Waals surface area contributed by atoms with Crippen molar-refractivity contribution in [2.75, 3.05) is 11.4 Å². The Morgan fingerprint density at radius 3 is 2.52 bits per heavy atom. The van der Waals surface area contributed by atoms with Gasteiger partial charge in [0.25, 0.3) is 11.7 Å². The quantitative estimate of drug-likeness (QED) is 0.278. The molecule has 1 aliphatic heterocycles. The van der Waals surface area contributed by atoms with Gasteiger partial charge in [-0.1, -0.05) is 12.1 Å². The highest BCUT2D eigenvalue weighted by Gasteiger charge is 2.37. The van der Waals surface area contributed by atoms with Crippen molar-refractivity contribution in [3.8, 4) is 0 Å². The van der Waals surface area contributed by atoms with Gasteiger partial charge in [0.05, 0.1) is 11.3 Å². The Bertz CT molecular complexity index is 610. The van der Waals surface area contributed by atoms with Crippen molar-refractivity contribution in [1.29, 1.82) is 0 Å². The molecule has 6 nitrogen and oxygen atoms in total. The van der Waals surface area contributed by atoms with E-state index in [0.29, 0.717) is 37.1 Å². The number of anilines is 1. The van der Waals surface area contributed by atoms with Crippen LogP contribution in [0.3, 0.4) is 0 Å². The van der Waals surface area contributed by atoms with Crippen molar-refractivity contribution in [3.05, 3.63) is 28.8 Å². The predicted octanol–water partition coefficient (Wildman–Crippen LogP) is 0.993. The van der Waals surface area contributed by atoms with E-state index >= 15 is 0 Å². The summed E-state index contributed by atoms with van der Waals surface area (Å²) >= 11 is 0. The number of carbonyl (C=O) groups is 3. The summed E-state index contributed by atoms with van der Waals surface area (Å²) in [7, 11) is 0. The fourth-order valence-corrected chi connectivity index (χ4v) is 2.60. The van der Waals surface area contributed by atoms with Crippen LogP contribution in [0.1, 0.15) is 40.7 Å². The fourth-order valence-electron chi connectivity index (χ4n) is 2.60. The number of aryl methyl sites for hydroxylation is 2. The molecule has 1 heterocycles. The van der Waals surface area contributed by atoms with E-state index < -0.39 is 11.7 Å². The molecular formula is C15H19N3O3. The second kappa shape index (κ2) is 6.05. The maximum absolute atomic E-state index is 12.1. The monoisotopic (exact) mass is 289 g/mol. The average molecular weight is 289 g/mol. The first-order valence-electron chi connectivity index (χ1n) is 6.93. The summed E-state index contributed by atoms with van der Waals surface area (Å²) < 4.78 is 0. The second-order valence-corrected chi connectivity index (χ2v) is 5.23. The number of hydrogen-bond donors (Lipinski definition) is 2. The second-order valence-electron chi connectivity index (χ2n) is 5.23. The number of ketones is 1. The molecular weight excluding hydrogens is 270 g/mol. The molecule has 1 aromatic carbocycles. The minimum absolute atomic E-state index is 0.230. The number of Topliss-reactive ketones (excluding diaryl/α,β-unsaturated/α-hetero) is 1. The van der Waals surface area contributed by atoms with Crippen LogP contribution >= 0.6 is 0 Å². The van der Waals surface area contributed by atoms with E-state index in [4.69, 9.17) is 5.84 Å². The smallest absolute Gasteiger partial charge is 0.299 e. The highest BCUT2D eigenvalue weighted by atomic mass is 16.2. The maximum atomic E-state index is 12.1. The third-order valence-corrected chi connectivity index (χ3v) is 3.72. The topological polar surface area (TPSA) is 92.5 Å². The zero-order valence-corrected chi connectivity index (χ0v) is 12.2. The van der Waals surface area contributed by atoms with Gasteiger partial charge in [-0.25, -0.2) is 5.84 Å². The Balaban J connectivity index is 2.12. The molecule has 21 heavy (non-hydrogen) atoms. The highest BCUT2D eigenvalue weighted by molar-refractivity contribution is 6.52. The van der Waals surface area contributed by atoms with Gasteiger partial charge in [0, 0.05) is 13.0 Å². The first-order valence-corrected chi connectivity index (χ1v) is 6.93. The number of rotatable bonds is 5. The lowest BCUT2D eigenvalue weighted by Crippen LogP contribution is -2.32. The molecule has 0 atom stereocenters. The third-order valence-electron chi connectivity index (χ3n) is 3.72. The lowest BCUT2D eigenvalue weighted by atomic mass is 10.0. The summed E-state index contributed by atoms with van der Waals surface area (Å²) in [6.07, 6.45) is 1.56. The Labute approximate surface area is 123 Å². The average Bonchev–Trinajstić information content (AvgIpc) is 2.73. The number of benzene rings is 1. The summed E-state index contributed by atoms with van der Waals surface area (Å²) in [6, 6.07) is 3.77. The van der Waals surface area contributed by atoms with Crippen LogP contribution in [0.25, 0.3) is 0 Å². The van der Waals surface area contributed by atoms with Crippen LogP contribution in [0.4, 0.5) is 5.69 Å². The molecule has 1 aromatic rings. The molecule has 1 aliphatic rings. The minimum Gasteiger partial charge on any atom is -0.304 e. The molecule has 0 radical (unpaired) electrons. The zero-order chi connectivity index (χ0) is 15.6. The molecule has 2 amide bonds. The zero-order valence-electron chi connectivity index (χ0n) is 12.2. The van der Waals surface area contributed by atoms with Gasteiger partial charge in [0.15, 0.2) is 0 Å². The number of unbranched alkanes of at least 4 members (excludes halogenated alkanes) is 1. The van der Waals surface area contributed by atoms with E-state index in [9.17, 15) is 14.4 Å². The summed E-state index contributed by atoms with van der Waals surface area (Å²) in [5, 5.41) is 0. The third kappa shape index (κ3) is 2.80. The molecule has 0 aromatic heterocycles. The summed E-state index contributed by atoms with van der Waals surface area (Å²) in [6.45, 7) is 4.15. The number of carbonyl (C=O) groups excluding carboxylic acids is 3. The normalized spacial score (nSPS) is 13.6. The molecule has 0 saturated heterocycles. The van der Waals surface area contributed by atoms with Gasteiger partial charge < -0.3 is 4.90 Å². The standard InChI is InChI=1S/C15H19N3O3/c1-9-6-7-10(2)13-12(9)14(20)15(21)18(13)8-4-3-5-11(19)17-16/h6-7H,3-5,8,16H2,1-2H3,(H,17,19). The fraction of sp³-hybridized carbons (Fsp3) is 0.400. The highest BCUT2D eigenvalue weighted by Crippen LogP contribution is 2.34. The van der Waals surface area contributed by atoms with Gasteiger partial charge in [0.2, 0.25) is 5.91 Å². The number of amides is 2. The maximum Gasteiger partial charge on any atom is 0.299 e. The van der Waals surface area contributed by atoms with Crippen LogP contribution in [-0.2, 0) is 9.59 Å². The van der Waals surface area contributed by atoms with Gasteiger partial charge in [-0.3, -0.25) is 19.8 Å². The van der Waals surface area contributed by atoms with Gasteiger partial charge in [-0.15, -0.1) is 0 Å². The largest absolute Gasteiger partial charge is 0.304 e. The van der Waals surface area contributed by atoms with E-state index in [0.717, 1.165) is 11.1 Å². The Morgan fingerprint density at radius 2 is 1.86 bits per heavy atom. The molecule has 2 rings (SSSR count). The van der Waals surface area contributed by atoms with E-state index in [2.05, 4.69) is 5.43 Å². The van der Waals surface area contributed by atoms with Crippen molar-refractivity contribution in [1.82, 2.24) is 5.43 Å². The number of hydrogen-bond acceptors (Lipinski definition) is 4. The molecule has 0 aliphatic carbocycles. The van der Waals surface area contributed by atoms with E-state index in [1.165, 1.54) is 4.90 Å². The Hall–Kier alpha value is -2.21. The predicted molar refractivity (Wildman–Crippen MR) is 78.8 cm³/mol. The van der Waals surface area contributed by atoms with E-state index in [1.54, 1.807) is 0 Å². The first kappa shape index (κ1) is 15.2. The lowest BCUT2D eigenvalue weighted by molar-refractivity contribution is -0.121. The van der Waals surface area contributed by atoms with Gasteiger partial charge in [0.1, 0.15) is 0 Å². The molecule has 0 bridgehead atoms. The number of nitrogens with one attached hydrogen (secondary N) is 1. The van der Waals surface area contributed by atoms with Crippen molar-refractivity contribution < 1.29 is 14.4 Å². The molecule has 0 spiro atoms. The SMILES string of the molecule is Cc1ccc(C)c2c1C(=O)C(=O)N2CCCCC(=O)NN. The number of fused-ring (bicyclic) bond motifs is 1. The minimum atomic E-state index is -0.481.